The minimum atomic E-state index is 0.866. The molecule has 0 spiro atoms. The summed E-state index contributed by atoms with van der Waals surface area (Å²) < 4.78 is 0. The van der Waals surface area contributed by atoms with Crippen LogP contribution in [0.2, 0.25) is 0 Å². The zero-order chi connectivity index (χ0) is 15.2. The largest absolute Gasteiger partial charge is 0.0713 e. The lowest BCUT2D eigenvalue weighted by Crippen LogP contribution is -2.06. The van der Waals surface area contributed by atoms with Gasteiger partial charge in [-0.3, -0.25) is 0 Å². The van der Waals surface area contributed by atoms with Gasteiger partial charge in [0.25, 0.3) is 0 Å². The smallest absolute Gasteiger partial charge is 0.0203 e. The molecule has 0 fully saturated rings. The lowest BCUT2D eigenvalue weighted by molar-refractivity contribution is 0.475. The van der Waals surface area contributed by atoms with Crippen LogP contribution in [0.5, 0.6) is 0 Å². The van der Waals surface area contributed by atoms with E-state index in [2.05, 4.69) is 34.6 Å². The van der Waals surface area contributed by atoms with Crippen molar-refractivity contribution in [3.05, 3.63) is 11.1 Å². The lowest BCUT2D eigenvalue weighted by atomic mass is 9.84. The standard InChI is InChI=1S/C20H40/c1-6-11-12-13-14-15-16-17-19(9-4)20(10-5)18(7-2)8-3/h19H,6-17H2,1-5H3. The molecule has 0 aromatic rings. The van der Waals surface area contributed by atoms with Gasteiger partial charge in [-0.1, -0.05) is 90.7 Å². The molecule has 0 saturated carbocycles. The van der Waals surface area contributed by atoms with Crippen molar-refractivity contribution in [3.8, 4) is 0 Å². The van der Waals surface area contributed by atoms with E-state index in [9.17, 15) is 0 Å². The van der Waals surface area contributed by atoms with Gasteiger partial charge in [-0.15, -0.1) is 0 Å². The molecule has 0 bridgehead atoms. The highest BCUT2D eigenvalue weighted by Gasteiger charge is 2.13. The molecule has 0 aliphatic carbocycles. The van der Waals surface area contributed by atoms with E-state index in [0.29, 0.717) is 0 Å². The highest BCUT2D eigenvalue weighted by atomic mass is 14.2. The summed E-state index contributed by atoms with van der Waals surface area (Å²) in [5, 5.41) is 0. The molecular weight excluding hydrogens is 240 g/mol. The first kappa shape index (κ1) is 19.7. The van der Waals surface area contributed by atoms with Crippen LogP contribution in [0, 0.1) is 5.92 Å². The average Bonchev–Trinajstić information content (AvgIpc) is 2.48. The van der Waals surface area contributed by atoms with Gasteiger partial charge in [-0.25, -0.2) is 0 Å². The Balaban J connectivity index is 4.10. The highest BCUT2D eigenvalue weighted by molar-refractivity contribution is 5.16. The number of allylic oxidation sites excluding steroid dienone is 2. The predicted molar refractivity (Wildman–Crippen MR) is 94.3 cm³/mol. The van der Waals surface area contributed by atoms with Gasteiger partial charge in [0.15, 0.2) is 0 Å². The second kappa shape index (κ2) is 13.7. The summed E-state index contributed by atoms with van der Waals surface area (Å²) in [6.45, 7) is 11.7. The Labute approximate surface area is 129 Å². The van der Waals surface area contributed by atoms with Crippen LogP contribution in [0.3, 0.4) is 0 Å². The molecule has 0 aliphatic heterocycles. The van der Waals surface area contributed by atoms with Crippen LogP contribution in [0.1, 0.15) is 112 Å². The fourth-order valence-corrected chi connectivity index (χ4v) is 3.50. The quantitative estimate of drug-likeness (QED) is 0.240. The van der Waals surface area contributed by atoms with Crippen molar-refractivity contribution < 1.29 is 0 Å². The second-order valence-corrected chi connectivity index (χ2v) is 6.20. The van der Waals surface area contributed by atoms with Crippen LogP contribution in [-0.4, -0.2) is 0 Å². The zero-order valence-corrected chi connectivity index (χ0v) is 15.1. The van der Waals surface area contributed by atoms with E-state index in [-0.39, 0.29) is 0 Å². The molecule has 0 saturated heterocycles. The Hall–Kier alpha value is -0.260. The van der Waals surface area contributed by atoms with E-state index in [1.807, 2.05) is 0 Å². The summed E-state index contributed by atoms with van der Waals surface area (Å²) in [5.41, 5.74) is 3.53. The van der Waals surface area contributed by atoms with E-state index in [1.54, 1.807) is 11.1 Å². The summed E-state index contributed by atoms with van der Waals surface area (Å²) in [7, 11) is 0. The molecule has 0 amide bonds. The first-order chi connectivity index (χ1) is 9.74. The molecule has 0 N–H and O–H groups in total. The molecule has 0 radical (unpaired) electrons. The third kappa shape index (κ3) is 8.12. The number of hydrogen-bond acceptors (Lipinski definition) is 0. The van der Waals surface area contributed by atoms with Crippen LogP contribution in [0.15, 0.2) is 11.1 Å². The van der Waals surface area contributed by atoms with E-state index < -0.39 is 0 Å². The fourth-order valence-electron chi connectivity index (χ4n) is 3.50. The van der Waals surface area contributed by atoms with Crippen molar-refractivity contribution >= 4 is 0 Å². The van der Waals surface area contributed by atoms with Crippen molar-refractivity contribution in [2.75, 3.05) is 0 Å². The SMILES string of the molecule is CCCCCCCCCC(CC)C(CC)=C(CC)CC. The highest BCUT2D eigenvalue weighted by Crippen LogP contribution is 2.30. The van der Waals surface area contributed by atoms with Gasteiger partial charge < -0.3 is 0 Å². The molecule has 0 aromatic carbocycles. The minimum Gasteiger partial charge on any atom is -0.0713 e. The Morgan fingerprint density at radius 3 is 1.65 bits per heavy atom. The number of rotatable bonds is 13. The number of unbranched alkanes of at least 4 members (excludes halogenated alkanes) is 6. The molecule has 20 heavy (non-hydrogen) atoms. The lowest BCUT2D eigenvalue weighted by Gasteiger charge is -2.22. The summed E-state index contributed by atoms with van der Waals surface area (Å²) in [6.07, 6.45) is 16.6. The van der Waals surface area contributed by atoms with Crippen LogP contribution in [0.25, 0.3) is 0 Å². The summed E-state index contributed by atoms with van der Waals surface area (Å²) in [5.74, 6) is 0.866. The maximum atomic E-state index is 2.38. The van der Waals surface area contributed by atoms with E-state index >= 15 is 0 Å². The van der Waals surface area contributed by atoms with Crippen molar-refractivity contribution in [3.63, 3.8) is 0 Å². The van der Waals surface area contributed by atoms with E-state index in [0.717, 1.165) is 5.92 Å². The average molecular weight is 281 g/mol. The van der Waals surface area contributed by atoms with Crippen LogP contribution >= 0.6 is 0 Å². The molecule has 1 unspecified atom stereocenters. The monoisotopic (exact) mass is 280 g/mol. The van der Waals surface area contributed by atoms with Gasteiger partial charge in [0, 0.05) is 0 Å². The molecular formula is C20H40. The molecule has 0 heteroatoms. The van der Waals surface area contributed by atoms with Crippen molar-refractivity contribution in [1.29, 1.82) is 0 Å². The van der Waals surface area contributed by atoms with Crippen LogP contribution in [-0.2, 0) is 0 Å². The van der Waals surface area contributed by atoms with Crippen molar-refractivity contribution in [2.24, 2.45) is 5.92 Å². The van der Waals surface area contributed by atoms with E-state index in [4.69, 9.17) is 0 Å². The Morgan fingerprint density at radius 2 is 1.20 bits per heavy atom. The molecule has 0 aromatic heterocycles. The zero-order valence-electron chi connectivity index (χ0n) is 15.1. The topological polar surface area (TPSA) is 0 Å². The Bertz CT molecular complexity index is 230. The molecule has 0 nitrogen and oxygen atoms in total. The second-order valence-electron chi connectivity index (χ2n) is 6.20. The normalized spacial score (nSPS) is 12.4. The third-order valence-corrected chi connectivity index (χ3v) is 4.83. The third-order valence-electron chi connectivity index (χ3n) is 4.83. The van der Waals surface area contributed by atoms with Crippen LogP contribution in [0.4, 0.5) is 0 Å². The Kier molecular flexibility index (Phi) is 13.5. The maximum Gasteiger partial charge on any atom is -0.0203 e. The first-order valence-electron chi connectivity index (χ1n) is 9.45. The van der Waals surface area contributed by atoms with Crippen molar-refractivity contribution in [2.45, 2.75) is 112 Å². The summed E-state index contributed by atoms with van der Waals surface area (Å²) in [4.78, 5) is 0. The summed E-state index contributed by atoms with van der Waals surface area (Å²) >= 11 is 0. The van der Waals surface area contributed by atoms with E-state index in [1.165, 1.54) is 77.0 Å². The van der Waals surface area contributed by atoms with Gasteiger partial charge in [0.1, 0.15) is 0 Å². The minimum absolute atomic E-state index is 0.866. The molecule has 0 heterocycles. The van der Waals surface area contributed by atoms with Gasteiger partial charge >= 0.3 is 0 Å². The summed E-state index contributed by atoms with van der Waals surface area (Å²) in [6, 6.07) is 0. The fraction of sp³-hybridized carbons (Fsp3) is 0.900. The van der Waals surface area contributed by atoms with Gasteiger partial charge in [-0.05, 0) is 38.0 Å². The van der Waals surface area contributed by atoms with Gasteiger partial charge in [0.05, 0.1) is 0 Å². The Morgan fingerprint density at radius 1 is 0.650 bits per heavy atom. The van der Waals surface area contributed by atoms with Crippen molar-refractivity contribution in [1.82, 2.24) is 0 Å². The molecule has 120 valence electrons. The maximum absolute atomic E-state index is 2.38. The number of hydrogen-bond donors (Lipinski definition) is 0. The first-order valence-corrected chi connectivity index (χ1v) is 9.45. The molecule has 1 atom stereocenters. The molecule has 0 rings (SSSR count). The van der Waals surface area contributed by atoms with Gasteiger partial charge in [0.2, 0.25) is 0 Å². The van der Waals surface area contributed by atoms with Crippen LogP contribution < -0.4 is 0 Å². The van der Waals surface area contributed by atoms with Gasteiger partial charge in [-0.2, -0.15) is 0 Å². The molecule has 0 aliphatic rings. The predicted octanol–water partition coefficient (Wildman–Crippen LogP) is 7.68.